The third-order valence-corrected chi connectivity index (χ3v) is 6.83. The SMILES string of the molecule is CCC1SCCSC1c1noc(Cc2ccccc2N)n1. The van der Waals surface area contributed by atoms with Crippen molar-refractivity contribution in [2.24, 2.45) is 0 Å². The van der Waals surface area contributed by atoms with Crippen molar-refractivity contribution in [3.8, 4) is 0 Å². The predicted octanol–water partition coefficient (Wildman–Crippen LogP) is 3.54. The van der Waals surface area contributed by atoms with E-state index >= 15 is 0 Å². The van der Waals surface area contributed by atoms with Crippen LogP contribution in [0.3, 0.4) is 0 Å². The molecule has 1 aliphatic rings. The van der Waals surface area contributed by atoms with Crippen LogP contribution in [0.2, 0.25) is 0 Å². The molecule has 21 heavy (non-hydrogen) atoms. The van der Waals surface area contributed by atoms with Crippen molar-refractivity contribution in [1.82, 2.24) is 10.1 Å². The summed E-state index contributed by atoms with van der Waals surface area (Å²) in [7, 11) is 0. The highest BCUT2D eigenvalue weighted by molar-refractivity contribution is 8.06. The molecule has 0 spiro atoms. The molecule has 0 saturated carbocycles. The zero-order valence-electron chi connectivity index (χ0n) is 12.0. The maximum atomic E-state index is 5.96. The summed E-state index contributed by atoms with van der Waals surface area (Å²) in [5, 5.41) is 5.13. The lowest BCUT2D eigenvalue weighted by Gasteiger charge is -2.27. The molecule has 2 unspecified atom stereocenters. The van der Waals surface area contributed by atoms with Crippen molar-refractivity contribution in [1.29, 1.82) is 0 Å². The molecule has 1 saturated heterocycles. The van der Waals surface area contributed by atoms with Crippen LogP contribution in [0.4, 0.5) is 5.69 Å². The lowest BCUT2D eigenvalue weighted by atomic mass is 10.1. The summed E-state index contributed by atoms with van der Waals surface area (Å²) < 4.78 is 5.43. The van der Waals surface area contributed by atoms with E-state index in [2.05, 4.69) is 17.1 Å². The van der Waals surface area contributed by atoms with E-state index < -0.39 is 0 Å². The van der Waals surface area contributed by atoms with E-state index in [1.807, 2.05) is 47.8 Å². The van der Waals surface area contributed by atoms with Crippen molar-refractivity contribution in [3.05, 3.63) is 41.5 Å². The van der Waals surface area contributed by atoms with Crippen LogP contribution in [0.25, 0.3) is 0 Å². The average molecular weight is 321 g/mol. The Balaban J connectivity index is 1.75. The number of nitrogen functional groups attached to an aromatic ring is 1. The van der Waals surface area contributed by atoms with Gasteiger partial charge in [-0.15, -0.1) is 11.8 Å². The summed E-state index contributed by atoms with van der Waals surface area (Å²) in [6.07, 6.45) is 1.73. The fourth-order valence-corrected chi connectivity index (χ4v) is 5.44. The molecular weight excluding hydrogens is 302 g/mol. The minimum absolute atomic E-state index is 0.347. The first kappa shape index (κ1) is 14.8. The number of nitrogens with zero attached hydrogens (tertiary/aromatic N) is 2. The number of thioether (sulfide) groups is 2. The van der Waals surface area contributed by atoms with Gasteiger partial charge in [-0.1, -0.05) is 30.3 Å². The van der Waals surface area contributed by atoms with Gasteiger partial charge in [0.25, 0.3) is 0 Å². The summed E-state index contributed by atoms with van der Waals surface area (Å²) in [6.45, 7) is 2.22. The van der Waals surface area contributed by atoms with Crippen LogP contribution in [0.5, 0.6) is 0 Å². The van der Waals surface area contributed by atoms with E-state index in [9.17, 15) is 0 Å². The number of aromatic nitrogens is 2. The lowest BCUT2D eigenvalue weighted by Crippen LogP contribution is -2.19. The van der Waals surface area contributed by atoms with Crippen LogP contribution >= 0.6 is 23.5 Å². The standard InChI is InChI=1S/C15H19N3OS2/c1-2-12-14(21-8-7-20-12)15-17-13(19-18-15)9-10-5-3-4-6-11(10)16/h3-6,12,14H,2,7-9,16H2,1H3. The molecule has 1 aromatic heterocycles. The highest BCUT2D eigenvalue weighted by Crippen LogP contribution is 2.42. The monoisotopic (exact) mass is 321 g/mol. The first-order valence-corrected chi connectivity index (χ1v) is 9.26. The molecule has 112 valence electrons. The molecule has 2 atom stereocenters. The molecule has 0 aliphatic carbocycles. The van der Waals surface area contributed by atoms with Gasteiger partial charge in [0.15, 0.2) is 5.82 Å². The van der Waals surface area contributed by atoms with Gasteiger partial charge >= 0.3 is 0 Å². The van der Waals surface area contributed by atoms with Gasteiger partial charge in [0.05, 0.1) is 11.7 Å². The minimum atomic E-state index is 0.347. The van der Waals surface area contributed by atoms with Gasteiger partial charge in [-0.3, -0.25) is 0 Å². The van der Waals surface area contributed by atoms with Gasteiger partial charge in [-0.2, -0.15) is 16.7 Å². The van der Waals surface area contributed by atoms with Crippen molar-refractivity contribution >= 4 is 29.2 Å². The first-order valence-electron chi connectivity index (χ1n) is 7.17. The number of anilines is 1. The number of hydrogen-bond acceptors (Lipinski definition) is 6. The second kappa shape index (κ2) is 6.75. The van der Waals surface area contributed by atoms with Crippen molar-refractivity contribution in [3.63, 3.8) is 0 Å². The quantitative estimate of drug-likeness (QED) is 0.869. The number of rotatable bonds is 4. The van der Waals surface area contributed by atoms with E-state index in [1.54, 1.807) is 0 Å². The number of benzene rings is 1. The van der Waals surface area contributed by atoms with Crippen LogP contribution in [-0.2, 0) is 6.42 Å². The van der Waals surface area contributed by atoms with E-state index in [-0.39, 0.29) is 0 Å². The van der Waals surface area contributed by atoms with Gasteiger partial charge < -0.3 is 10.3 Å². The van der Waals surface area contributed by atoms with E-state index in [0.717, 1.165) is 29.2 Å². The van der Waals surface area contributed by atoms with Crippen molar-refractivity contribution in [2.45, 2.75) is 30.3 Å². The third-order valence-electron chi connectivity index (χ3n) is 3.59. The molecule has 2 aromatic rings. The zero-order valence-corrected chi connectivity index (χ0v) is 13.6. The van der Waals surface area contributed by atoms with E-state index in [0.29, 0.717) is 22.8 Å². The Bertz CT molecular complexity index is 602. The van der Waals surface area contributed by atoms with Gasteiger partial charge in [-0.25, -0.2) is 0 Å². The van der Waals surface area contributed by atoms with Crippen LogP contribution in [0, 0.1) is 0 Å². The normalized spacial score (nSPS) is 22.3. The second-order valence-electron chi connectivity index (χ2n) is 5.03. The average Bonchev–Trinajstić information content (AvgIpc) is 2.98. The van der Waals surface area contributed by atoms with Gasteiger partial charge in [0.2, 0.25) is 5.89 Å². The summed E-state index contributed by atoms with van der Waals surface area (Å²) >= 11 is 3.96. The van der Waals surface area contributed by atoms with Crippen molar-refractivity contribution in [2.75, 3.05) is 17.2 Å². The summed E-state index contributed by atoms with van der Waals surface area (Å²) in [5.41, 5.74) is 7.77. The fraction of sp³-hybridized carbons (Fsp3) is 0.467. The summed E-state index contributed by atoms with van der Waals surface area (Å²) in [5.74, 6) is 3.85. The topological polar surface area (TPSA) is 64.9 Å². The number of hydrogen-bond donors (Lipinski definition) is 1. The van der Waals surface area contributed by atoms with Gasteiger partial charge in [-0.05, 0) is 18.1 Å². The Hall–Kier alpha value is -1.14. The molecule has 6 heteroatoms. The Morgan fingerprint density at radius 1 is 1.29 bits per heavy atom. The van der Waals surface area contributed by atoms with Gasteiger partial charge in [0, 0.05) is 22.4 Å². The Morgan fingerprint density at radius 3 is 2.90 bits per heavy atom. The van der Waals surface area contributed by atoms with Crippen LogP contribution < -0.4 is 5.73 Å². The fourth-order valence-electron chi connectivity index (χ4n) is 2.46. The molecule has 4 nitrogen and oxygen atoms in total. The van der Waals surface area contributed by atoms with Crippen LogP contribution in [0.1, 0.15) is 35.9 Å². The third kappa shape index (κ3) is 3.37. The Kier molecular flexibility index (Phi) is 4.75. The number of nitrogens with two attached hydrogens (primary N) is 1. The Labute approximate surface area is 133 Å². The van der Waals surface area contributed by atoms with E-state index in [1.165, 1.54) is 5.75 Å². The highest BCUT2D eigenvalue weighted by Gasteiger charge is 2.30. The lowest BCUT2D eigenvalue weighted by molar-refractivity contribution is 0.378. The van der Waals surface area contributed by atoms with E-state index in [4.69, 9.17) is 10.3 Å². The van der Waals surface area contributed by atoms with Crippen LogP contribution in [-0.4, -0.2) is 26.9 Å². The predicted molar refractivity (Wildman–Crippen MR) is 89.7 cm³/mol. The van der Waals surface area contributed by atoms with Crippen LogP contribution in [0.15, 0.2) is 28.8 Å². The maximum Gasteiger partial charge on any atom is 0.231 e. The zero-order chi connectivity index (χ0) is 14.7. The molecule has 3 rings (SSSR count). The first-order chi connectivity index (χ1) is 10.3. The highest BCUT2D eigenvalue weighted by atomic mass is 32.2. The molecule has 1 aromatic carbocycles. The number of para-hydroxylation sites is 1. The van der Waals surface area contributed by atoms with Gasteiger partial charge in [0.1, 0.15) is 0 Å². The molecular formula is C15H19N3OS2. The molecule has 1 aliphatic heterocycles. The maximum absolute atomic E-state index is 5.96. The molecule has 2 heterocycles. The largest absolute Gasteiger partial charge is 0.398 e. The van der Waals surface area contributed by atoms with Crippen molar-refractivity contribution < 1.29 is 4.52 Å². The molecule has 0 amide bonds. The summed E-state index contributed by atoms with van der Waals surface area (Å²) in [4.78, 5) is 4.60. The smallest absolute Gasteiger partial charge is 0.231 e. The molecule has 1 fully saturated rings. The Morgan fingerprint density at radius 2 is 2.10 bits per heavy atom. The molecule has 0 radical (unpaired) electrons. The molecule has 2 N–H and O–H groups in total. The second-order valence-corrected chi connectivity index (χ2v) is 7.63. The minimum Gasteiger partial charge on any atom is -0.398 e. The molecule has 0 bridgehead atoms. The summed E-state index contributed by atoms with van der Waals surface area (Å²) in [6, 6.07) is 7.80.